The average molecular weight is 247 g/mol. The van der Waals surface area contributed by atoms with Crippen molar-refractivity contribution in [1.82, 2.24) is 4.98 Å². The summed E-state index contributed by atoms with van der Waals surface area (Å²) in [5, 5.41) is 17.8. The molecule has 0 aliphatic carbocycles. The molecule has 0 radical (unpaired) electrons. The molecule has 0 bridgehead atoms. The second kappa shape index (κ2) is 5.16. The number of nitrogens with zero attached hydrogens (tertiary/aromatic N) is 1. The SMILES string of the molecule is Cc1cc(Oc2ccc(B(O)O)cc2F)ccn1. The molecule has 18 heavy (non-hydrogen) atoms. The maximum absolute atomic E-state index is 13.6. The summed E-state index contributed by atoms with van der Waals surface area (Å²) in [6.07, 6.45) is 1.56. The standard InChI is InChI=1S/C12H11BFNO3/c1-8-6-10(4-5-15-8)18-12-3-2-9(13(16)17)7-11(12)14/h2-7,16-17H,1H3. The van der Waals surface area contributed by atoms with Crippen LogP contribution in [0.2, 0.25) is 0 Å². The Morgan fingerprint density at radius 1 is 1.22 bits per heavy atom. The first-order chi connectivity index (χ1) is 8.56. The summed E-state index contributed by atoms with van der Waals surface area (Å²) in [7, 11) is -1.70. The summed E-state index contributed by atoms with van der Waals surface area (Å²) in [6, 6.07) is 7.04. The van der Waals surface area contributed by atoms with Crippen LogP contribution in [-0.2, 0) is 0 Å². The number of ether oxygens (including phenoxy) is 1. The van der Waals surface area contributed by atoms with Gasteiger partial charge in [-0.05, 0) is 30.6 Å². The summed E-state index contributed by atoms with van der Waals surface area (Å²) < 4.78 is 19.0. The lowest BCUT2D eigenvalue weighted by Crippen LogP contribution is -2.29. The molecule has 92 valence electrons. The molecule has 2 rings (SSSR count). The number of hydrogen-bond donors (Lipinski definition) is 2. The largest absolute Gasteiger partial charge is 0.488 e. The van der Waals surface area contributed by atoms with Crippen LogP contribution in [0, 0.1) is 12.7 Å². The monoisotopic (exact) mass is 247 g/mol. The molecule has 1 aromatic carbocycles. The zero-order valence-corrected chi connectivity index (χ0v) is 9.67. The Balaban J connectivity index is 2.24. The fraction of sp³-hybridized carbons (Fsp3) is 0.0833. The van der Waals surface area contributed by atoms with E-state index in [1.54, 1.807) is 25.3 Å². The highest BCUT2D eigenvalue weighted by atomic mass is 19.1. The van der Waals surface area contributed by atoms with Crippen LogP contribution in [0.1, 0.15) is 5.69 Å². The Morgan fingerprint density at radius 2 is 2.00 bits per heavy atom. The van der Waals surface area contributed by atoms with Crippen LogP contribution < -0.4 is 10.2 Å². The molecule has 0 aliphatic rings. The van der Waals surface area contributed by atoms with Crippen molar-refractivity contribution in [2.45, 2.75) is 6.92 Å². The zero-order chi connectivity index (χ0) is 13.1. The van der Waals surface area contributed by atoms with Crippen LogP contribution in [0.25, 0.3) is 0 Å². The van der Waals surface area contributed by atoms with E-state index >= 15 is 0 Å². The second-order valence-corrected chi connectivity index (χ2v) is 3.80. The lowest BCUT2D eigenvalue weighted by atomic mass is 9.80. The average Bonchev–Trinajstić information content (AvgIpc) is 2.31. The number of aromatic nitrogens is 1. The first-order valence-electron chi connectivity index (χ1n) is 5.32. The highest BCUT2D eigenvalue weighted by molar-refractivity contribution is 6.58. The van der Waals surface area contributed by atoms with Crippen LogP contribution in [0.3, 0.4) is 0 Å². The van der Waals surface area contributed by atoms with Gasteiger partial charge in [0.2, 0.25) is 0 Å². The zero-order valence-electron chi connectivity index (χ0n) is 9.67. The van der Waals surface area contributed by atoms with Crippen LogP contribution in [0.5, 0.6) is 11.5 Å². The van der Waals surface area contributed by atoms with Gasteiger partial charge in [-0.25, -0.2) is 4.39 Å². The molecule has 0 atom stereocenters. The van der Waals surface area contributed by atoms with Gasteiger partial charge in [0, 0.05) is 18.0 Å². The number of hydrogen-bond acceptors (Lipinski definition) is 4. The van der Waals surface area contributed by atoms with E-state index in [9.17, 15) is 4.39 Å². The van der Waals surface area contributed by atoms with Crippen molar-refractivity contribution < 1.29 is 19.2 Å². The number of pyridine rings is 1. The molecule has 0 aliphatic heterocycles. The van der Waals surface area contributed by atoms with Gasteiger partial charge >= 0.3 is 7.12 Å². The van der Waals surface area contributed by atoms with Crippen molar-refractivity contribution >= 4 is 12.6 Å². The van der Waals surface area contributed by atoms with E-state index in [1.165, 1.54) is 12.1 Å². The first kappa shape index (κ1) is 12.5. The van der Waals surface area contributed by atoms with Gasteiger partial charge in [0.15, 0.2) is 11.6 Å². The van der Waals surface area contributed by atoms with Crippen molar-refractivity contribution in [3.63, 3.8) is 0 Å². The second-order valence-electron chi connectivity index (χ2n) is 3.80. The molecule has 2 N–H and O–H groups in total. The van der Waals surface area contributed by atoms with E-state index in [0.29, 0.717) is 5.75 Å². The molecule has 0 fully saturated rings. The Hall–Kier alpha value is -1.92. The van der Waals surface area contributed by atoms with Gasteiger partial charge in [0.25, 0.3) is 0 Å². The van der Waals surface area contributed by atoms with Gasteiger partial charge < -0.3 is 14.8 Å². The van der Waals surface area contributed by atoms with E-state index in [0.717, 1.165) is 11.8 Å². The van der Waals surface area contributed by atoms with E-state index in [4.69, 9.17) is 14.8 Å². The van der Waals surface area contributed by atoms with Crippen molar-refractivity contribution in [3.05, 3.63) is 48.0 Å². The minimum atomic E-state index is -1.70. The number of halogens is 1. The molecule has 2 aromatic rings. The van der Waals surface area contributed by atoms with Crippen molar-refractivity contribution in [3.8, 4) is 11.5 Å². The Labute approximate surface area is 104 Å². The van der Waals surface area contributed by atoms with Crippen LogP contribution in [-0.4, -0.2) is 22.2 Å². The third-order valence-corrected chi connectivity index (χ3v) is 2.35. The lowest BCUT2D eigenvalue weighted by Gasteiger charge is -2.08. The Kier molecular flexibility index (Phi) is 3.59. The lowest BCUT2D eigenvalue weighted by molar-refractivity contribution is 0.423. The molecular weight excluding hydrogens is 236 g/mol. The van der Waals surface area contributed by atoms with Gasteiger partial charge in [-0.15, -0.1) is 0 Å². The van der Waals surface area contributed by atoms with Gasteiger partial charge in [-0.3, -0.25) is 4.98 Å². The van der Waals surface area contributed by atoms with Crippen LogP contribution in [0.15, 0.2) is 36.5 Å². The Morgan fingerprint density at radius 3 is 2.61 bits per heavy atom. The first-order valence-corrected chi connectivity index (χ1v) is 5.32. The minimum absolute atomic E-state index is 0.0185. The summed E-state index contributed by atoms with van der Waals surface area (Å²) in [5.41, 5.74) is 0.834. The fourth-order valence-electron chi connectivity index (χ4n) is 1.47. The predicted octanol–water partition coefficient (Wildman–Crippen LogP) is 1.00. The van der Waals surface area contributed by atoms with Crippen molar-refractivity contribution in [2.24, 2.45) is 0 Å². The normalized spacial score (nSPS) is 10.2. The van der Waals surface area contributed by atoms with E-state index in [-0.39, 0.29) is 11.2 Å². The number of rotatable bonds is 3. The van der Waals surface area contributed by atoms with Crippen LogP contribution in [0.4, 0.5) is 4.39 Å². The van der Waals surface area contributed by atoms with Gasteiger partial charge in [0.05, 0.1) is 0 Å². The van der Waals surface area contributed by atoms with E-state index < -0.39 is 12.9 Å². The van der Waals surface area contributed by atoms with E-state index in [2.05, 4.69) is 4.98 Å². The van der Waals surface area contributed by atoms with Crippen LogP contribution >= 0.6 is 0 Å². The highest BCUT2D eigenvalue weighted by Crippen LogP contribution is 2.23. The summed E-state index contributed by atoms with van der Waals surface area (Å²) >= 11 is 0. The molecule has 0 saturated heterocycles. The number of benzene rings is 1. The third kappa shape index (κ3) is 2.85. The highest BCUT2D eigenvalue weighted by Gasteiger charge is 2.14. The minimum Gasteiger partial charge on any atom is -0.454 e. The van der Waals surface area contributed by atoms with Crippen molar-refractivity contribution in [2.75, 3.05) is 0 Å². The molecule has 0 amide bonds. The molecule has 0 unspecified atom stereocenters. The Bertz CT molecular complexity index is 563. The quantitative estimate of drug-likeness (QED) is 0.794. The number of aryl methyl sites for hydroxylation is 1. The molecule has 1 aromatic heterocycles. The maximum atomic E-state index is 13.6. The maximum Gasteiger partial charge on any atom is 0.488 e. The topological polar surface area (TPSA) is 62.6 Å². The molecule has 0 spiro atoms. The molecule has 4 nitrogen and oxygen atoms in total. The summed E-state index contributed by atoms with van der Waals surface area (Å²) in [5.74, 6) is -0.168. The molecule has 6 heteroatoms. The molecule has 0 saturated carbocycles. The smallest absolute Gasteiger partial charge is 0.454 e. The van der Waals surface area contributed by atoms with Gasteiger partial charge in [-0.2, -0.15) is 0 Å². The third-order valence-electron chi connectivity index (χ3n) is 2.35. The molecular formula is C12H11BFNO3. The summed E-state index contributed by atoms with van der Waals surface area (Å²) in [6.45, 7) is 1.80. The van der Waals surface area contributed by atoms with Gasteiger partial charge in [0.1, 0.15) is 5.75 Å². The fourth-order valence-corrected chi connectivity index (χ4v) is 1.47. The van der Waals surface area contributed by atoms with E-state index in [1.807, 2.05) is 0 Å². The van der Waals surface area contributed by atoms with Crippen molar-refractivity contribution in [1.29, 1.82) is 0 Å². The molecule has 1 heterocycles. The van der Waals surface area contributed by atoms with Gasteiger partial charge in [-0.1, -0.05) is 6.07 Å². The summed E-state index contributed by atoms with van der Waals surface area (Å²) in [4.78, 5) is 4.00. The predicted molar refractivity (Wildman–Crippen MR) is 65.3 cm³/mol.